The highest BCUT2D eigenvalue weighted by molar-refractivity contribution is 4.94. The molecule has 0 aliphatic carbocycles. The molecule has 0 radical (unpaired) electrons. The van der Waals surface area contributed by atoms with Crippen molar-refractivity contribution in [3.8, 4) is 0 Å². The molecule has 1 aromatic rings. The first-order valence-electron chi connectivity index (χ1n) is 4.60. The van der Waals surface area contributed by atoms with Crippen LogP contribution in [0.25, 0.3) is 0 Å². The Bertz CT molecular complexity index is 199. The Hall–Kier alpha value is -0.870. The molecule has 0 spiro atoms. The second-order valence-corrected chi connectivity index (χ2v) is 2.92. The lowest BCUT2D eigenvalue weighted by molar-refractivity contribution is 0.194. The van der Waals surface area contributed by atoms with E-state index in [1.54, 1.807) is 13.4 Å². The monoisotopic (exact) mass is 183 g/mol. The lowest BCUT2D eigenvalue weighted by Crippen LogP contribution is -2.19. The van der Waals surface area contributed by atoms with Gasteiger partial charge in [0.2, 0.25) is 0 Å². The zero-order valence-electron chi connectivity index (χ0n) is 8.05. The van der Waals surface area contributed by atoms with E-state index in [9.17, 15) is 0 Å². The van der Waals surface area contributed by atoms with Gasteiger partial charge in [0, 0.05) is 38.6 Å². The fourth-order valence-electron chi connectivity index (χ4n) is 1.11. The quantitative estimate of drug-likeness (QED) is 0.608. The molecule has 0 unspecified atom stereocenters. The summed E-state index contributed by atoms with van der Waals surface area (Å²) in [5.74, 6) is 0. The molecule has 0 aliphatic rings. The first-order chi connectivity index (χ1) is 6.43. The molecule has 0 saturated heterocycles. The largest absolute Gasteiger partial charge is 0.385 e. The second kappa shape index (κ2) is 6.62. The van der Waals surface area contributed by atoms with Gasteiger partial charge in [-0.05, 0) is 13.0 Å². The van der Waals surface area contributed by atoms with Crippen molar-refractivity contribution in [2.75, 3.05) is 26.8 Å². The highest BCUT2D eigenvalue weighted by atomic mass is 16.5. The SMILES string of the molecule is COCCCNCCc1cnc[nH]1. The number of hydrogen-bond acceptors (Lipinski definition) is 3. The number of ether oxygens (including phenoxy) is 1. The third kappa shape index (κ3) is 4.65. The molecule has 4 heteroatoms. The van der Waals surface area contributed by atoms with Crippen LogP contribution in [0, 0.1) is 0 Å². The van der Waals surface area contributed by atoms with E-state index in [1.807, 2.05) is 6.20 Å². The lowest BCUT2D eigenvalue weighted by atomic mass is 10.3. The van der Waals surface area contributed by atoms with Gasteiger partial charge in [-0.15, -0.1) is 0 Å². The van der Waals surface area contributed by atoms with Crippen LogP contribution in [-0.4, -0.2) is 36.8 Å². The van der Waals surface area contributed by atoms with Gasteiger partial charge in [-0.2, -0.15) is 0 Å². The normalized spacial score (nSPS) is 10.5. The summed E-state index contributed by atoms with van der Waals surface area (Å²) in [4.78, 5) is 7.01. The number of H-pyrrole nitrogens is 1. The summed E-state index contributed by atoms with van der Waals surface area (Å²) in [5, 5.41) is 3.33. The number of rotatable bonds is 7. The summed E-state index contributed by atoms with van der Waals surface area (Å²) in [6.07, 6.45) is 5.64. The summed E-state index contributed by atoms with van der Waals surface area (Å²) in [5.41, 5.74) is 1.18. The van der Waals surface area contributed by atoms with Crippen molar-refractivity contribution in [3.63, 3.8) is 0 Å². The Kier molecular flexibility index (Phi) is 5.20. The van der Waals surface area contributed by atoms with Gasteiger partial charge >= 0.3 is 0 Å². The van der Waals surface area contributed by atoms with Crippen LogP contribution >= 0.6 is 0 Å². The van der Waals surface area contributed by atoms with Crippen molar-refractivity contribution >= 4 is 0 Å². The lowest BCUT2D eigenvalue weighted by Gasteiger charge is -2.02. The van der Waals surface area contributed by atoms with Crippen molar-refractivity contribution in [1.82, 2.24) is 15.3 Å². The maximum Gasteiger partial charge on any atom is 0.0921 e. The molecule has 1 heterocycles. The van der Waals surface area contributed by atoms with E-state index < -0.39 is 0 Å². The van der Waals surface area contributed by atoms with Crippen LogP contribution in [0.5, 0.6) is 0 Å². The van der Waals surface area contributed by atoms with Gasteiger partial charge in [-0.1, -0.05) is 0 Å². The first kappa shape index (κ1) is 10.2. The highest BCUT2D eigenvalue weighted by Crippen LogP contribution is 1.90. The smallest absolute Gasteiger partial charge is 0.0921 e. The van der Waals surface area contributed by atoms with E-state index in [4.69, 9.17) is 4.74 Å². The fourth-order valence-corrected chi connectivity index (χ4v) is 1.11. The second-order valence-electron chi connectivity index (χ2n) is 2.92. The van der Waals surface area contributed by atoms with Crippen LogP contribution in [0.2, 0.25) is 0 Å². The molecule has 0 amide bonds. The Labute approximate surface area is 78.7 Å². The van der Waals surface area contributed by atoms with E-state index in [1.165, 1.54) is 5.69 Å². The van der Waals surface area contributed by atoms with Crippen molar-refractivity contribution in [3.05, 3.63) is 18.2 Å². The van der Waals surface area contributed by atoms with Gasteiger partial charge in [0.15, 0.2) is 0 Å². The zero-order chi connectivity index (χ0) is 9.36. The molecule has 0 saturated carbocycles. The van der Waals surface area contributed by atoms with Gasteiger partial charge < -0.3 is 15.0 Å². The Morgan fingerprint density at radius 3 is 3.15 bits per heavy atom. The number of aromatic amines is 1. The topological polar surface area (TPSA) is 49.9 Å². The van der Waals surface area contributed by atoms with Gasteiger partial charge in [0.25, 0.3) is 0 Å². The molecule has 4 nitrogen and oxygen atoms in total. The molecule has 0 aliphatic heterocycles. The van der Waals surface area contributed by atoms with Crippen molar-refractivity contribution in [1.29, 1.82) is 0 Å². The molecular weight excluding hydrogens is 166 g/mol. The predicted octanol–water partition coefficient (Wildman–Crippen LogP) is 0.578. The van der Waals surface area contributed by atoms with Crippen molar-refractivity contribution in [2.24, 2.45) is 0 Å². The van der Waals surface area contributed by atoms with Crippen molar-refractivity contribution in [2.45, 2.75) is 12.8 Å². The summed E-state index contributed by atoms with van der Waals surface area (Å²) in [6, 6.07) is 0. The van der Waals surface area contributed by atoms with Gasteiger partial charge in [-0.25, -0.2) is 4.98 Å². The van der Waals surface area contributed by atoms with Crippen LogP contribution < -0.4 is 5.32 Å². The molecule has 0 fully saturated rings. The summed E-state index contributed by atoms with van der Waals surface area (Å²) in [7, 11) is 1.73. The van der Waals surface area contributed by atoms with Gasteiger partial charge in [0.1, 0.15) is 0 Å². The maximum absolute atomic E-state index is 4.94. The van der Waals surface area contributed by atoms with Crippen molar-refractivity contribution < 1.29 is 4.74 Å². The average molecular weight is 183 g/mol. The third-order valence-electron chi connectivity index (χ3n) is 1.83. The van der Waals surface area contributed by atoms with E-state index >= 15 is 0 Å². The number of methoxy groups -OCH3 is 1. The average Bonchev–Trinajstić information content (AvgIpc) is 2.63. The van der Waals surface area contributed by atoms with E-state index in [0.29, 0.717) is 0 Å². The van der Waals surface area contributed by atoms with Crippen LogP contribution in [0.15, 0.2) is 12.5 Å². The number of imidazole rings is 1. The van der Waals surface area contributed by atoms with E-state index in [-0.39, 0.29) is 0 Å². The standard InChI is InChI=1S/C9H17N3O/c1-13-6-2-4-10-5-3-9-7-11-8-12-9/h7-8,10H,2-6H2,1H3,(H,11,12). The number of nitrogens with one attached hydrogen (secondary N) is 2. The fraction of sp³-hybridized carbons (Fsp3) is 0.667. The third-order valence-corrected chi connectivity index (χ3v) is 1.83. The van der Waals surface area contributed by atoms with Crippen LogP contribution in [0.4, 0.5) is 0 Å². The number of hydrogen-bond donors (Lipinski definition) is 2. The molecule has 0 aromatic carbocycles. The van der Waals surface area contributed by atoms with E-state index in [2.05, 4.69) is 15.3 Å². The van der Waals surface area contributed by atoms with Gasteiger partial charge in [0.05, 0.1) is 6.33 Å². The Balaban J connectivity index is 1.90. The molecule has 74 valence electrons. The molecule has 2 N–H and O–H groups in total. The molecular formula is C9H17N3O. The van der Waals surface area contributed by atoms with Crippen LogP contribution in [-0.2, 0) is 11.2 Å². The molecule has 1 aromatic heterocycles. The predicted molar refractivity (Wildman–Crippen MR) is 51.7 cm³/mol. The summed E-state index contributed by atoms with van der Waals surface area (Å²) >= 11 is 0. The van der Waals surface area contributed by atoms with Gasteiger partial charge in [-0.3, -0.25) is 0 Å². The minimum Gasteiger partial charge on any atom is -0.385 e. The van der Waals surface area contributed by atoms with E-state index in [0.717, 1.165) is 32.5 Å². The zero-order valence-corrected chi connectivity index (χ0v) is 8.05. The molecule has 13 heavy (non-hydrogen) atoms. The van der Waals surface area contributed by atoms with Crippen LogP contribution in [0.3, 0.4) is 0 Å². The molecule has 0 atom stereocenters. The maximum atomic E-state index is 4.94. The summed E-state index contributed by atoms with van der Waals surface area (Å²) in [6.45, 7) is 2.84. The summed E-state index contributed by atoms with van der Waals surface area (Å²) < 4.78 is 4.94. The minimum atomic E-state index is 0.830. The number of nitrogens with zero attached hydrogens (tertiary/aromatic N) is 1. The van der Waals surface area contributed by atoms with Crippen LogP contribution in [0.1, 0.15) is 12.1 Å². The molecule has 1 rings (SSSR count). The Morgan fingerprint density at radius 2 is 2.46 bits per heavy atom. The Morgan fingerprint density at radius 1 is 1.54 bits per heavy atom. The number of aromatic nitrogens is 2. The molecule has 0 bridgehead atoms. The first-order valence-corrected chi connectivity index (χ1v) is 4.60. The minimum absolute atomic E-state index is 0.830. The highest BCUT2D eigenvalue weighted by Gasteiger charge is 1.92.